The van der Waals surface area contributed by atoms with E-state index in [0.717, 1.165) is 18.2 Å². The van der Waals surface area contributed by atoms with Gasteiger partial charge in [-0.15, -0.1) is 0 Å². The van der Waals surface area contributed by atoms with Gasteiger partial charge in [-0.25, -0.2) is 4.39 Å². The minimum atomic E-state index is -0.880. The Labute approximate surface area is 148 Å². The van der Waals surface area contributed by atoms with Crippen molar-refractivity contribution in [1.29, 1.82) is 5.26 Å². The molecule has 2 rings (SSSR count). The summed E-state index contributed by atoms with van der Waals surface area (Å²) in [7, 11) is 2.66. The van der Waals surface area contributed by atoms with Crippen molar-refractivity contribution in [3.05, 3.63) is 69.0 Å². The lowest BCUT2D eigenvalue weighted by molar-refractivity contribution is -0.385. The summed E-state index contributed by atoms with van der Waals surface area (Å²) in [6.45, 7) is 0. The molecule has 0 aromatic heterocycles. The highest BCUT2D eigenvalue weighted by Crippen LogP contribution is 2.35. The molecular formula is C18H13FN2O5. The zero-order valence-corrected chi connectivity index (χ0v) is 13.9. The van der Waals surface area contributed by atoms with Crippen molar-refractivity contribution in [3.63, 3.8) is 0 Å². The van der Waals surface area contributed by atoms with Gasteiger partial charge in [0.25, 0.3) is 5.69 Å². The van der Waals surface area contributed by atoms with Crippen LogP contribution in [0.1, 0.15) is 15.9 Å². The van der Waals surface area contributed by atoms with Crippen molar-refractivity contribution in [2.24, 2.45) is 0 Å². The minimum absolute atomic E-state index is 0.0473. The monoisotopic (exact) mass is 356 g/mol. The molecular weight excluding hydrogens is 343 g/mol. The van der Waals surface area contributed by atoms with Gasteiger partial charge in [0, 0.05) is 0 Å². The number of nitro benzene ring substituents is 1. The summed E-state index contributed by atoms with van der Waals surface area (Å²) in [6, 6.07) is 9.21. The lowest BCUT2D eigenvalue weighted by atomic mass is 10.0. The Bertz CT molecular complexity index is 947. The molecule has 7 nitrogen and oxygen atoms in total. The second-order valence-corrected chi connectivity index (χ2v) is 5.00. The molecule has 0 aliphatic carbocycles. The van der Waals surface area contributed by atoms with E-state index in [1.165, 1.54) is 38.5 Å². The maximum absolute atomic E-state index is 13.8. The van der Waals surface area contributed by atoms with E-state index in [9.17, 15) is 24.6 Å². The van der Waals surface area contributed by atoms with Crippen LogP contribution < -0.4 is 9.47 Å². The summed E-state index contributed by atoms with van der Waals surface area (Å²) in [5.41, 5.74) is -1.19. The largest absolute Gasteiger partial charge is 0.493 e. The highest BCUT2D eigenvalue weighted by molar-refractivity contribution is 6.14. The molecule has 0 saturated heterocycles. The van der Waals surface area contributed by atoms with Crippen LogP contribution in [0.15, 0.2) is 42.0 Å². The maximum atomic E-state index is 13.8. The third-order valence-electron chi connectivity index (χ3n) is 3.51. The van der Waals surface area contributed by atoms with Crippen molar-refractivity contribution in [3.8, 4) is 17.6 Å². The number of allylic oxidation sites excluding steroid dienone is 1. The van der Waals surface area contributed by atoms with Crippen LogP contribution >= 0.6 is 0 Å². The first-order valence-corrected chi connectivity index (χ1v) is 7.24. The van der Waals surface area contributed by atoms with Crippen LogP contribution in [0.5, 0.6) is 11.5 Å². The average Bonchev–Trinajstić information content (AvgIpc) is 2.65. The second kappa shape index (κ2) is 7.90. The summed E-state index contributed by atoms with van der Waals surface area (Å²) in [6.07, 6.45) is 1.02. The predicted octanol–water partition coefficient (Wildman–Crippen LogP) is 3.54. The summed E-state index contributed by atoms with van der Waals surface area (Å²) in [5.74, 6) is -1.37. The first-order valence-electron chi connectivity index (χ1n) is 7.24. The van der Waals surface area contributed by atoms with E-state index in [1.54, 1.807) is 6.07 Å². The van der Waals surface area contributed by atoms with Gasteiger partial charge in [0.1, 0.15) is 17.5 Å². The minimum Gasteiger partial charge on any atom is -0.493 e. The van der Waals surface area contributed by atoms with E-state index >= 15 is 0 Å². The van der Waals surface area contributed by atoms with Crippen molar-refractivity contribution >= 4 is 17.5 Å². The highest BCUT2D eigenvalue weighted by atomic mass is 19.1. The third-order valence-corrected chi connectivity index (χ3v) is 3.51. The van der Waals surface area contributed by atoms with Crippen LogP contribution in [0, 0.1) is 27.3 Å². The van der Waals surface area contributed by atoms with Gasteiger partial charge in [0.05, 0.1) is 36.3 Å². The van der Waals surface area contributed by atoms with Gasteiger partial charge in [-0.05, 0) is 24.3 Å². The summed E-state index contributed by atoms with van der Waals surface area (Å²) < 4.78 is 23.9. The Hall–Kier alpha value is -3.73. The summed E-state index contributed by atoms with van der Waals surface area (Å²) in [5, 5.41) is 20.6. The van der Waals surface area contributed by atoms with Crippen LogP contribution in [0.2, 0.25) is 0 Å². The summed E-state index contributed by atoms with van der Waals surface area (Å²) in [4.78, 5) is 23.0. The quantitative estimate of drug-likeness (QED) is 0.258. The van der Waals surface area contributed by atoms with Gasteiger partial charge in [-0.3, -0.25) is 14.9 Å². The molecule has 0 unspecified atom stereocenters. The Balaban J connectivity index is 2.62. The van der Waals surface area contributed by atoms with Crippen LogP contribution in [0.25, 0.3) is 6.08 Å². The van der Waals surface area contributed by atoms with Gasteiger partial charge in [0.15, 0.2) is 11.5 Å². The molecule has 0 N–H and O–H groups in total. The van der Waals surface area contributed by atoms with Crippen molar-refractivity contribution < 1.29 is 23.6 Å². The number of benzene rings is 2. The molecule has 26 heavy (non-hydrogen) atoms. The van der Waals surface area contributed by atoms with Crippen LogP contribution in [0.3, 0.4) is 0 Å². The molecule has 132 valence electrons. The molecule has 0 amide bonds. The van der Waals surface area contributed by atoms with Crippen LogP contribution in [0.4, 0.5) is 10.1 Å². The van der Waals surface area contributed by atoms with Gasteiger partial charge in [-0.1, -0.05) is 12.1 Å². The molecule has 0 spiro atoms. The molecule has 0 bridgehead atoms. The highest BCUT2D eigenvalue weighted by Gasteiger charge is 2.21. The Kier molecular flexibility index (Phi) is 5.65. The number of ether oxygens (including phenoxy) is 2. The van der Waals surface area contributed by atoms with Crippen molar-refractivity contribution in [2.75, 3.05) is 14.2 Å². The summed E-state index contributed by atoms with van der Waals surface area (Å²) >= 11 is 0. The van der Waals surface area contributed by atoms with E-state index in [-0.39, 0.29) is 22.6 Å². The number of nitrogens with zero attached hydrogens (tertiary/aromatic N) is 2. The Morgan fingerprint density at radius 3 is 2.38 bits per heavy atom. The number of hydrogen-bond donors (Lipinski definition) is 0. The zero-order valence-electron chi connectivity index (χ0n) is 13.9. The Morgan fingerprint density at radius 1 is 1.23 bits per heavy atom. The lowest BCUT2D eigenvalue weighted by Crippen LogP contribution is -2.05. The maximum Gasteiger partial charge on any atom is 0.280 e. The molecule has 0 atom stereocenters. The number of carbonyl (C=O) groups excluding carboxylic acids is 1. The van der Waals surface area contributed by atoms with Crippen LogP contribution in [-0.2, 0) is 0 Å². The fourth-order valence-electron chi connectivity index (χ4n) is 2.25. The number of rotatable bonds is 6. The van der Waals surface area contributed by atoms with E-state index < -0.39 is 27.8 Å². The lowest BCUT2D eigenvalue weighted by Gasteiger charge is -2.09. The number of hydrogen-bond acceptors (Lipinski definition) is 6. The first-order chi connectivity index (χ1) is 12.4. The molecule has 0 aliphatic heterocycles. The molecule has 8 heteroatoms. The fraction of sp³-hybridized carbons (Fsp3) is 0.111. The van der Waals surface area contributed by atoms with Gasteiger partial charge < -0.3 is 9.47 Å². The number of nitro groups is 1. The number of carbonyl (C=O) groups is 1. The Morgan fingerprint density at radius 2 is 1.85 bits per heavy atom. The molecule has 0 radical (unpaired) electrons. The predicted molar refractivity (Wildman–Crippen MR) is 90.5 cm³/mol. The first kappa shape index (κ1) is 18.6. The number of methoxy groups -OCH3 is 2. The molecule has 0 fully saturated rings. The van der Waals surface area contributed by atoms with Crippen molar-refractivity contribution in [1.82, 2.24) is 0 Å². The van der Waals surface area contributed by atoms with Gasteiger partial charge >= 0.3 is 0 Å². The fourth-order valence-corrected chi connectivity index (χ4v) is 2.25. The number of Topliss-reactive ketones (excluding diaryl/α,β-unsaturated/α-hetero) is 1. The van der Waals surface area contributed by atoms with E-state index in [2.05, 4.69) is 0 Å². The SMILES string of the molecule is COc1cc(/C=C(\C#N)C(=O)c2ccccc2F)c([N+](=O)[O-])cc1OC. The van der Waals surface area contributed by atoms with Crippen molar-refractivity contribution in [2.45, 2.75) is 0 Å². The van der Waals surface area contributed by atoms with Gasteiger partial charge in [0.2, 0.25) is 5.78 Å². The average molecular weight is 356 g/mol. The topological polar surface area (TPSA) is 102 Å². The number of nitriles is 1. The van der Waals surface area contributed by atoms with Gasteiger partial charge in [-0.2, -0.15) is 5.26 Å². The normalized spacial score (nSPS) is 10.8. The molecule has 2 aromatic rings. The smallest absolute Gasteiger partial charge is 0.280 e. The number of halogens is 1. The molecule has 0 heterocycles. The third kappa shape index (κ3) is 3.67. The standard InChI is InChI=1S/C18H13FN2O5/c1-25-16-8-11(15(21(23)24)9-17(16)26-2)7-12(10-20)18(22)13-5-3-4-6-14(13)19/h3-9H,1-2H3/b12-7+. The molecule has 0 saturated carbocycles. The zero-order chi connectivity index (χ0) is 19.3. The van der Waals surface area contributed by atoms with E-state index in [4.69, 9.17) is 9.47 Å². The van der Waals surface area contributed by atoms with E-state index in [0.29, 0.717) is 0 Å². The number of ketones is 1. The molecule has 0 aliphatic rings. The van der Waals surface area contributed by atoms with E-state index in [1.807, 2.05) is 0 Å². The van der Waals surface area contributed by atoms with Crippen LogP contribution in [-0.4, -0.2) is 24.9 Å². The second-order valence-electron chi connectivity index (χ2n) is 5.00. The molecule has 2 aromatic carbocycles.